The third-order valence-electron chi connectivity index (χ3n) is 10.0. The molecule has 74 heavy (non-hydrogen) atoms. The van der Waals surface area contributed by atoms with Crippen LogP contribution in [0.15, 0.2) is 121 Å². The summed E-state index contributed by atoms with van der Waals surface area (Å²) in [6.07, 6.45) is 0. The van der Waals surface area contributed by atoms with Crippen LogP contribution in [0.5, 0.6) is 23.0 Å². The van der Waals surface area contributed by atoms with E-state index in [0.717, 1.165) is 33.8 Å². The van der Waals surface area contributed by atoms with Crippen molar-refractivity contribution in [2.45, 2.75) is 109 Å². The van der Waals surface area contributed by atoms with E-state index in [4.69, 9.17) is 28.4 Å². The predicted molar refractivity (Wildman–Crippen MR) is 291 cm³/mol. The van der Waals surface area contributed by atoms with Gasteiger partial charge in [0.05, 0.1) is 27.4 Å². The Hall–Kier alpha value is -7.07. The Kier molecular flexibility index (Phi) is 37.1. The summed E-state index contributed by atoms with van der Waals surface area (Å²) in [5.41, 5.74) is 6.53. The molecule has 0 spiro atoms. The van der Waals surface area contributed by atoms with Crippen LogP contribution in [0.1, 0.15) is 118 Å². The van der Waals surface area contributed by atoms with E-state index in [-0.39, 0.29) is 69.7 Å². The molecule has 15 heteroatoms. The van der Waals surface area contributed by atoms with Crippen LogP contribution in [-0.4, -0.2) is 85.4 Å². The second kappa shape index (κ2) is 38.5. The molecule has 0 aliphatic rings. The van der Waals surface area contributed by atoms with Crippen molar-refractivity contribution in [2.24, 2.45) is 0 Å². The number of benzene rings is 5. The number of rotatable bonds is 17. The van der Waals surface area contributed by atoms with Crippen LogP contribution in [0.2, 0.25) is 0 Å². The quantitative estimate of drug-likeness (QED) is 0.0282. The van der Waals surface area contributed by atoms with E-state index >= 15 is 0 Å². The van der Waals surface area contributed by atoms with Crippen molar-refractivity contribution in [3.05, 3.63) is 155 Å². The molecule has 0 unspecified atom stereocenters. The minimum Gasteiger partial charge on any atom is -0.497 e. The Labute approximate surface area is 441 Å². The van der Waals surface area contributed by atoms with Crippen LogP contribution in [-0.2, 0) is 76.4 Å². The number of methoxy groups -OCH3 is 5. The van der Waals surface area contributed by atoms with Crippen molar-refractivity contribution in [3.8, 4) is 23.0 Å². The Morgan fingerprint density at radius 3 is 0.905 bits per heavy atom. The van der Waals surface area contributed by atoms with Gasteiger partial charge in [0, 0.05) is 66.8 Å². The number of carbonyl (C=O) groups is 5. The molecule has 0 N–H and O–H groups in total. The number of hydrogen-bond acceptors (Lipinski definition) is 15. The minimum absolute atomic E-state index is 0. The molecule has 0 saturated heterocycles. The van der Waals surface area contributed by atoms with E-state index in [9.17, 15) is 24.0 Å². The monoisotopic (exact) mass is 1030 g/mol. The van der Waals surface area contributed by atoms with Crippen LogP contribution >= 0.6 is 0 Å². The molecule has 0 aliphatic heterocycles. The lowest BCUT2D eigenvalue weighted by Gasteiger charge is -2.26. The van der Waals surface area contributed by atoms with Crippen molar-refractivity contribution in [1.82, 2.24) is 0 Å². The molecule has 0 radical (unpaired) electrons. The first-order valence-electron chi connectivity index (χ1n) is 22.4. The summed E-state index contributed by atoms with van der Waals surface area (Å²) < 4.78 is 48.2. The Morgan fingerprint density at radius 2 is 0.662 bits per heavy atom. The average molecular weight is 1030 g/mol. The molecule has 0 saturated carbocycles. The fourth-order valence-electron chi connectivity index (χ4n) is 6.05. The van der Waals surface area contributed by atoms with Gasteiger partial charge in [-0.3, -0.25) is 24.0 Å². The van der Waals surface area contributed by atoms with Crippen molar-refractivity contribution in [3.63, 3.8) is 0 Å². The highest BCUT2D eigenvalue weighted by Gasteiger charge is 2.24. The predicted octanol–water partition coefficient (Wildman–Crippen LogP) is 12.0. The van der Waals surface area contributed by atoms with Gasteiger partial charge < -0.3 is 47.4 Å². The first-order valence-corrected chi connectivity index (χ1v) is 22.4. The summed E-state index contributed by atoms with van der Waals surface area (Å²) in [5, 5.41) is 0. The van der Waals surface area contributed by atoms with Crippen LogP contribution in [0, 0.1) is 0 Å². The number of ether oxygens (including phenoxy) is 10. The standard InChI is InChI=1S/2C18H20O3.C11H14O3.C5H10O3.C4H8O3.3CH4/c2*1-13(19)21-17-11-7-15(8-12-17)18(2,3)14-5-9-16(20-4)10-6-14;1-9(12)14-8-11-5-3-10(4-6-11)7-13-2;1-5(6)8-4-3-7-2;1-4(5)7-3-6-2;;;/h2*5-12H,1-4H3;3-6H,7-8H2,1-2H3;3-4H2,1-2H3;3H2,1-2H3;3*1H4. The van der Waals surface area contributed by atoms with Crippen molar-refractivity contribution < 1.29 is 71.3 Å². The van der Waals surface area contributed by atoms with Crippen molar-refractivity contribution in [1.29, 1.82) is 0 Å². The molecule has 5 rings (SSSR count). The molecule has 5 aromatic carbocycles. The molecule has 0 aliphatic carbocycles. The first kappa shape index (κ1) is 71.2. The maximum absolute atomic E-state index is 10.9. The summed E-state index contributed by atoms with van der Waals surface area (Å²) in [6.45, 7) is 17.4. The van der Waals surface area contributed by atoms with Gasteiger partial charge in [-0.05, 0) is 81.9 Å². The summed E-state index contributed by atoms with van der Waals surface area (Å²) in [4.78, 5) is 52.4. The van der Waals surface area contributed by atoms with E-state index in [1.54, 1.807) is 28.4 Å². The Morgan fingerprint density at radius 1 is 0.351 bits per heavy atom. The van der Waals surface area contributed by atoms with E-state index < -0.39 is 0 Å². The SMILES string of the molecule is C.C.C.COCCOC(C)=O.COCOC(C)=O.COCc1ccc(COC(C)=O)cc1.COc1ccc(C(C)(C)c2ccc(OC(C)=O)cc2)cc1.COc1ccc(C(C)(C)c2ccc(OC(C)=O)cc2)cc1. The largest absolute Gasteiger partial charge is 0.497 e. The molecule has 0 heterocycles. The van der Waals surface area contributed by atoms with E-state index in [0.29, 0.717) is 37.9 Å². The molecule has 5 aromatic rings. The maximum Gasteiger partial charge on any atom is 0.308 e. The molecule has 0 atom stereocenters. The molecule has 0 bridgehead atoms. The summed E-state index contributed by atoms with van der Waals surface area (Å²) in [7, 11) is 8.00. The van der Waals surface area contributed by atoms with Gasteiger partial charge in [0.1, 0.15) is 36.2 Å². The average Bonchev–Trinajstić information content (AvgIpc) is 3.34. The fraction of sp³-hybridized carbons (Fsp3) is 0.407. The number of esters is 5. The lowest BCUT2D eigenvalue weighted by atomic mass is 9.78. The molecule has 410 valence electrons. The number of carbonyl (C=O) groups excluding carboxylic acids is 5. The summed E-state index contributed by atoms with van der Waals surface area (Å²) in [5.74, 6) is 1.37. The minimum atomic E-state index is -0.318. The maximum atomic E-state index is 10.9. The first-order chi connectivity index (χ1) is 33.6. The number of hydrogen-bond donors (Lipinski definition) is 0. The van der Waals surface area contributed by atoms with Gasteiger partial charge in [-0.15, -0.1) is 0 Å². The van der Waals surface area contributed by atoms with E-state index in [2.05, 4.69) is 70.9 Å². The third kappa shape index (κ3) is 28.8. The van der Waals surface area contributed by atoms with Gasteiger partial charge in [0.2, 0.25) is 0 Å². The van der Waals surface area contributed by atoms with Gasteiger partial charge in [0.25, 0.3) is 0 Å². The van der Waals surface area contributed by atoms with Gasteiger partial charge in [-0.25, -0.2) is 0 Å². The highest BCUT2D eigenvalue weighted by Crippen LogP contribution is 2.34. The van der Waals surface area contributed by atoms with Gasteiger partial charge in [-0.2, -0.15) is 0 Å². The van der Waals surface area contributed by atoms with Crippen LogP contribution < -0.4 is 18.9 Å². The zero-order valence-electron chi connectivity index (χ0n) is 43.7. The van der Waals surface area contributed by atoms with Gasteiger partial charge in [0.15, 0.2) is 6.79 Å². The highest BCUT2D eigenvalue weighted by molar-refractivity contribution is 5.70. The molecule has 15 nitrogen and oxygen atoms in total. The smallest absolute Gasteiger partial charge is 0.308 e. The molecule has 0 fully saturated rings. The highest BCUT2D eigenvalue weighted by atomic mass is 16.7. The Balaban J connectivity index is -0.000000894. The lowest BCUT2D eigenvalue weighted by molar-refractivity contribution is -0.151. The van der Waals surface area contributed by atoms with Crippen molar-refractivity contribution >= 4 is 29.8 Å². The fourth-order valence-corrected chi connectivity index (χ4v) is 6.05. The van der Waals surface area contributed by atoms with Crippen LogP contribution in [0.4, 0.5) is 0 Å². The zero-order chi connectivity index (χ0) is 53.4. The van der Waals surface area contributed by atoms with E-state index in [1.165, 1.54) is 52.9 Å². The summed E-state index contributed by atoms with van der Waals surface area (Å²) >= 11 is 0. The zero-order valence-corrected chi connectivity index (χ0v) is 43.7. The second-order valence-electron chi connectivity index (χ2n) is 16.3. The third-order valence-corrected chi connectivity index (χ3v) is 10.0. The van der Waals surface area contributed by atoms with Crippen LogP contribution in [0.3, 0.4) is 0 Å². The Bertz CT molecular complexity index is 2190. The molecular formula is C59H84O15. The summed E-state index contributed by atoms with van der Waals surface area (Å²) in [6, 6.07) is 39.1. The lowest BCUT2D eigenvalue weighted by Crippen LogP contribution is -2.18. The van der Waals surface area contributed by atoms with Crippen molar-refractivity contribution in [2.75, 3.05) is 55.6 Å². The topological polar surface area (TPSA) is 178 Å². The second-order valence-corrected chi connectivity index (χ2v) is 16.3. The molecular weight excluding hydrogens is 949 g/mol. The van der Waals surface area contributed by atoms with Crippen LogP contribution in [0.25, 0.3) is 0 Å². The van der Waals surface area contributed by atoms with Gasteiger partial charge in [-0.1, -0.05) is 123 Å². The normalized spacial score (nSPS) is 9.86. The molecule has 0 amide bonds. The molecule has 0 aromatic heterocycles. The van der Waals surface area contributed by atoms with E-state index in [1.807, 2.05) is 97.1 Å². The van der Waals surface area contributed by atoms with Gasteiger partial charge >= 0.3 is 29.8 Å².